The van der Waals surface area contributed by atoms with Crippen molar-refractivity contribution in [2.45, 2.75) is 249 Å². The van der Waals surface area contributed by atoms with Gasteiger partial charge in [0, 0.05) is 0 Å². The summed E-state index contributed by atoms with van der Waals surface area (Å²) in [4.78, 5) is 0. The molecule has 0 fully saturated rings. The Bertz CT molecular complexity index is 687. The molecule has 0 heteroatoms. The predicted molar refractivity (Wildman–Crippen MR) is 221 cm³/mol. The van der Waals surface area contributed by atoms with Crippen molar-refractivity contribution < 1.29 is 0 Å². The smallest absolute Gasteiger partial charge is 0.0294 e. The van der Waals surface area contributed by atoms with Gasteiger partial charge in [0.25, 0.3) is 0 Å². The summed E-state index contributed by atoms with van der Waals surface area (Å²) in [6.45, 7) is 52.9. The fraction of sp³-hybridized carbons (Fsp3) is 1.00. The summed E-state index contributed by atoms with van der Waals surface area (Å²) in [5, 5.41) is 0. The Balaban J connectivity index is 0. The van der Waals surface area contributed by atoms with Crippen LogP contribution in [0.25, 0.3) is 0 Å². The summed E-state index contributed by atoms with van der Waals surface area (Å²) in [6.07, 6.45) is 20.8. The largest absolute Gasteiger partial charge is 0.0628 e. The molecule has 0 saturated heterocycles. The van der Waals surface area contributed by atoms with E-state index in [-0.39, 0.29) is 0 Å². The monoisotopic (exact) mass is 663 g/mol. The van der Waals surface area contributed by atoms with Gasteiger partial charge in [0.2, 0.25) is 0 Å². The minimum atomic E-state index is 0.450. The van der Waals surface area contributed by atoms with E-state index in [1.54, 1.807) is 0 Å². The van der Waals surface area contributed by atoms with E-state index in [0.29, 0.717) is 43.3 Å². The van der Waals surface area contributed by atoms with Crippen LogP contribution in [0, 0.1) is 55.2 Å². The molecule has 0 aromatic carbocycles. The third-order valence-corrected chi connectivity index (χ3v) is 10.5. The number of hydrogen-bond donors (Lipinski definition) is 0. The average Bonchev–Trinajstić information content (AvgIpc) is 2.81. The molecule has 0 aliphatic rings. The second-order valence-electron chi connectivity index (χ2n) is 24.9. The van der Waals surface area contributed by atoms with Gasteiger partial charge in [-0.15, -0.1) is 0 Å². The molecule has 0 nitrogen and oxygen atoms in total. The number of rotatable bonds is 17. The standard InChI is InChI=1S/C24H50.C23H48/c1-20(2)12-13-24(17-14-21(3,4)5,18-15-22(6,7)8)19-16-23(9,10)11;1-19(2)18-23(15-12-20(3,4)5,16-13-21(6,7)8)17-14-22(9,10)11/h20H,12-19H2,1-11H3;19H,12-18H2,1-11H3. The molecule has 0 aliphatic heterocycles. The second-order valence-corrected chi connectivity index (χ2v) is 24.9. The van der Waals surface area contributed by atoms with Crippen LogP contribution < -0.4 is 0 Å². The van der Waals surface area contributed by atoms with Gasteiger partial charge in [0.1, 0.15) is 0 Å². The van der Waals surface area contributed by atoms with E-state index in [2.05, 4.69) is 152 Å². The fourth-order valence-corrected chi connectivity index (χ4v) is 6.73. The molecular weight excluding hydrogens is 565 g/mol. The molecule has 0 aromatic rings. The molecular formula is C47H98. The zero-order valence-corrected chi connectivity index (χ0v) is 37.8. The quantitative estimate of drug-likeness (QED) is 0.145. The molecule has 0 amide bonds. The first-order chi connectivity index (χ1) is 20.6. The molecule has 0 unspecified atom stereocenters. The van der Waals surface area contributed by atoms with E-state index in [0.717, 1.165) is 11.8 Å². The van der Waals surface area contributed by atoms with Crippen molar-refractivity contribution in [1.29, 1.82) is 0 Å². The topological polar surface area (TPSA) is 0 Å². The molecule has 47 heavy (non-hydrogen) atoms. The first-order valence-corrected chi connectivity index (χ1v) is 20.6. The first-order valence-electron chi connectivity index (χ1n) is 20.6. The van der Waals surface area contributed by atoms with Gasteiger partial charge in [-0.2, -0.15) is 0 Å². The van der Waals surface area contributed by atoms with E-state index < -0.39 is 0 Å². The molecule has 0 rings (SSSR count). The zero-order chi connectivity index (χ0) is 37.8. The maximum atomic E-state index is 2.42. The minimum absolute atomic E-state index is 0.450. The normalized spacial score (nSPS) is 14.6. The van der Waals surface area contributed by atoms with E-state index in [1.165, 1.54) is 96.3 Å². The van der Waals surface area contributed by atoms with E-state index >= 15 is 0 Å². The second kappa shape index (κ2) is 19.6. The van der Waals surface area contributed by atoms with Crippen LogP contribution in [-0.2, 0) is 0 Å². The highest BCUT2D eigenvalue weighted by molar-refractivity contribution is 4.87. The van der Waals surface area contributed by atoms with Gasteiger partial charge < -0.3 is 0 Å². The van der Waals surface area contributed by atoms with Gasteiger partial charge in [-0.05, 0) is 145 Å². The van der Waals surface area contributed by atoms with E-state index in [1.807, 2.05) is 0 Å². The molecule has 0 spiro atoms. The lowest BCUT2D eigenvalue weighted by molar-refractivity contribution is 0.107. The minimum Gasteiger partial charge on any atom is -0.0628 e. The Morgan fingerprint density at radius 3 is 0.638 bits per heavy atom. The van der Waals surface area contributed by atoms with Crippen molar-refractivity contribution in [2.75, 3.05) is 0 Å². The van der Waals surface area contributed by atoms with Crippen LogP contribution in [0.1, 0.15) is 249 Å². The SMILES string of the molecule is CC(C)CC(CCC(C)(C)C)(CCC(C)(C)C)CCC(C)(C)C.CC(C)CCC(CCC(C)(C)C)(CCC(C)(C)C)CCC(C)(C)C. The van der Waals surface area contributed by atoms with E-state index in [9.17, 15) is 0 Å². The molecule has 0 heterocycles. The highest BCUT2D eigenvalue weighted by Gasteiger charge is 2.35. The van der Waals surface area contributed by atoms with Gasteiger partial charge in [-0.25, -0.2) is 0 Å². The Kier molecular flexibility index (Phi) is 20.4. The zero-order valence-electron chi connectivity index (χ0n) is 37.8. The highest BCUT2D eigenvalue weighted by Crippen LogP contribution is 2.48. The van der Waals surface area contributed by atoms with Crippen LogP contribution >= 0.6 is 0 Å². The fourth-order valence-electron chi connectivity index (χ4n) is 6.73. The van der Waals surface area contributed by atoms with Crippen molar-refractivity contribution in [1.82, 2.24) is 0 Å². The molecule has 0 atom stereocenters. The maximum absolute atomic E-state index is 2.42. The summed E-state index contributed by atoms with van der Waals surface area (Å²) < 4.78 is 0. The Morgan fingerprint density at radius 1 is 0.255 bits per heavy atom. The van der Waals surface area contributed by atoms with Gasteiger partial charge >= 0.3 is 0 Å². The molecule has 0 aromatic heterocycles. The lowest BCUT2D eigenvalue weighted by Gasteiger charge is -2.41. The van der Waals surface area contributed by atoms with Crippen LogP contribution in [0.2, 0.25) is 0 Å². The highest BCUT2D eigenvalue weighted by atomic mass is 14.4. The number of hydrogen-bond acceptors (Lipinski definition) is 0. The van der Waals surface area contributed by atoms with Crippen LogP contribution in [0.3, 0.4) is 0 Å². The average molecular weight is 663 g/mol. The summed E-state index contributed by atoms with van der Waals surface area (Å²) in [5.74, 6) is 1.62. The molecule has 0 bridgehead atoms. The van der Waals surface area contributed by atoms with Crippen molar-refractivity contribution in [3.8, 4) is 0 Å². The molecule has 0 radical (unpaired) electrons. The summed E-state index contributed by atoms with van der Waals surface area (Å²) >= 11 is 0. The predicted octanol–water partition coefficient (Wildman–Crippen LogP) is 17.4. The van der Waals surface area contributed by atoms with Crippen molar-refractivity contribution in [3.63, 3.8) is 0 Å². The molecule has 0 aliphatic carbocycles. The van der Waals surface area contributed by atoms with E-state index in [4.69, 9.17) is 0 Å². The van der Waals surface area contributed by atoms with Gasteiger partial charge in [0.15, 0.2) is 0 Å². The molecule has 0 N–H and O–H groups in total. The summed E-state index contributed by atoms with van der Waals surface area (Å²) in [5.41, 5.74) is 3.80. The Morgan fingerprint density at radius 2 is 0.468 bits per heavy atom. The molecule has 0 saturated carbocycles. The Labute approximate surface area is 303 Å². The van der Waals surface area contributed by atoms with Crippen molar-refractivity contribution in [3.05, 3.63) is 0 Å². The van der Waals surface area contributed by atoms with Gasteiger partial charge in [0.05, 0.1) is 0 Å². The van der Waals surface area contributed by atoms with Crippen LogP contribution in [0.5, 0.6) is 0 Å². The lowest BCUT2D eigenvalue weighted by atomic mass is 9.64. The maximum Gasteiger partial charge on any atom is -0.0294 e. The van der Waals surface area contributed by atoms with Gasteiger partial charge in [-0.1, -0.05) is 159 Å². The van der Waals surface area contributed by atoms with Crippen LogP contribution in [0.15, 0.2) is 0 Å². The van der Waals surface area contributed by atoms with Crippen LogP contribution in [-0.4, -0.2) is 0 Å². The van der Waals surface area contributed by atoms with Crippen molar-refractivity contribution >= 4 is 0 Å². The van der Waals surface area contributed by atoms with Gasteiger partial charge in [-0.3, -0.25) is 0 Å². The van der Waals surface area contributed by atoms with Crippen molar-refractivity contribution in [2.24, 2.45) is 55.2 Å². The lowest BCUT2D eigenvalue weighted by Crippen LogP contribution is -2.28. The summed E-state index contributed by atoms with van der Waals surface area (Å²) in [6, 6.07) is 0. The third kappa shape index (κ3) is 31.7. The summed E-state index contributed by atoms with van der Waals surface area (Å²) in [7, 11) is 0. The van der Waals surface area contributed by atoms with Crippen LogP contribution in [0.4, 0.5) is 0 Å². The molecule has 286 valence electrons. The first kappa shape index (κ1) is 49.1. The third-order valence-electron chi connectivity index (χ3n) is 10.5. The Hall–Kier alpha value is 0.